The number of β-amino-alcohol motifs (C(OH)–C–C–N with tert-alkyl or cyclic N) is 1. The highest BCUT2D eigenvalue weighted by atomic mass is 16.5. The Balaban J connectivity index is 2.86. The molecule has 1 atom stereocenters. The van der Waals surface area contributed by atoms with Crippen LogP contribution >= 0.6 is 0 Å². The van der Waals surface area contributed by atoms with Crippen molar-refractivity contribution in [1.82, 2.24) is 4.90 Å². The van der Waals surface area contributed by atoms with Crippen molar-refractivity contribution in [3.05, 3.63) is 29.3 Å². The largest absolute Gasteiger partial charge is 0.508 e. The van der Waals surface area contributed by atoms with E-state index in [1.165, 1.54) is 6.07 Å². The van der Waals surface area contributed by atoms with E-state index >= 15 is 0 Å². The van der Waals surface area contributed by atoms with Crippen molar-refractivity contribution >= 4 is 0 Å². The van der Waals surface area contributed by atoms with Gasteiger partial charge in [0, 0.05) is 24.8 Å². The summed E-state index contributed by atoms with van der Waals surface area (Å²) in [5.74, 6) is 0.0352. The van der Waals surface area contributed by atoms with Gasteiger partial charge >= 0.3 is 0 Å². The van der Waals surface area contributed by atoms with E-state index in [1.807, 2.05) is 4.90 Å². The zero-order valence-corrected chi connectivity index (χ0v) is 12.6. The molecule has 1 aromatic carbocycles. The van der Waals surface area contributed by atoms with E-state index in [4.69, 9.17) is 9.84 Å². The minimum atomic E-state index is -0.713. The van der Waals surface area contributed by atoms with Crippen LogP contribution in [0.2, 0.25) is 0 Å². The van der Waals surface area contributed by atoms with E-state index in [0.717, 1.165) is 0 Å². The van der Waals surface area contributed by atoms with E-state index in [-0.39, 0.29) is 17.9 Å². The Morgan fingerprint density at radius 1 is 1.30 bits per heavy atom. The Kier molecular flexibility index (Phi) is 5.95. The molecular formula is C15H25NO4. The van der Waals surface area contributed by atoms with Crippen LogP contribution in [0, 0.1) is 0 Å². The topological polar surface area (TPSA) is 73.2 Å². The third kappa shape index (κ3) is 4.45. The fourth-order valence-corrected chi connectivity index (χ4v) is 1.93. The molecule has 1 unspecified atom stereocenters. The normalized spacial score (nSPS) is 13.8. The van der Waals surface area contributed by atoms with Gasteiger partial charge in [-0.2, -0.15) is 0 Å². The van der Waals surface area contributed by atoms with Gasteiger partial charge in [0.2, 0.25) is 0 Å². The third-order valence-corrected chi connectivity index (χ3v) is 3.29. The zero-order chi connectivity index (χ0) is 15.3. The molecule has 0 aliphatic heterocycles. The SMILES string of the molecule is COCN(CC(O)c1ccc(O)c(CO)c1)C(C)(C)C. The Labute approximate surface area is 120 Å². The third-order valence-electron chi connectivity index (χ3n) is 3.29. The highest BCUT2D eigenvalue weighted by Crippen LogP contribution is 2.25. The summed E-state index contributed by atoms with van der Waals surface area (Å²) in [5, 5.41) is 29.0. The van der Waals surface area contributed by atoms with Gasteiger partial charge in [-0.15, -0.1) is 0 Å². The number of methoxy groups -OCH3 is 1. The highest BCUT2D eigenvalue weighted by molar-refractivity contribution is 5.36. The van der Waals surface area contributed by atoms with Crippen LogP contribution in [0.25, 0.3) is 0 Å². The number of ether oxygens (including phenoxy) is 1. The van der Waals surface area contributed by atoms with E-state index < -0.39 is 6.10 Å². The van der Waals surface area contributed by atoms with Gasteiger partial charge in [0.15, 0.2) is 0 Å². The lowest BCUT2D eigenvalue weighted by molar-refractivity contribution is -0.0237. The summed E-state index contributed by atoms with van der Waals surface area (Å²) < 4.78 is 5.17. The second-order valence-corrected chi connectivity index (χ2v) is 5.87. The van der Waals surface area contributed by atoms with Gasteiger partial charge in [-0.25, -0.2) is 0 Å². The standard InChI is InChI=1S/C15H25NO4/c1-15(2,3)16(10-20-4)8-14(19)11-5-6-13(18)12(7-11)9-17/h5-7,14,17-19H,8-10H2,1-4H3. The number of rotatable bonds is 6. The fraction of sp³-hybridized carbons (Fsp3) is 0.600. The molecule has 20 heavy (non-hydrogen) atoms. The van der Waals surface area contributed by atoms with Crippen molar-refractivity contribution in [2.75, 3.05) is 20.4 Å². The first-order valence-corrected chi connectivity index (χ1v) is 6.64. The first-order chi connectivity index (χ1) is 9.29. The maximum Gasteiger partial charge on any atom is 0.121 e. The molecule has 0 heterocycles. The van der Waals surface area contributed by atoms with Crippen LogP contribution in [-0.4, -0.2) is 46.1 Å². The van der Waals surface area contributed by atoms with Gasteiger partial charge in [-0.05, 0) is 38.5 Å². The molecule has 0 saturated carbocycles. The van der Waals surface area contributed by atoms with Crippen LogP contribution in [0.5, 0.6) is 5.75 Å². The molecule has 0 aliphatic rings. The Bertz CT molecular complexity index is 428. The molecule has 5 heteroatoms. The molecule has 0 fully saturated rings. The van der Waals surface area contributed by atoms with Crippen molar-refractivity contribution in [3.63, 3.8) is 0 Å². The van der Waals surface area contributed by atoms with Gasteiger partial charge in [0.05, 0.1) is 19.4 Å². The molecule has 0 saturated heterocycles. The molecule has 0 aromatic heterocycles. The van der Waals surface area contributed by atoms with Gasteiger partial charge < -0.3 is 20.1 Å². The number of hydrogen-bond donors (Lipinski definition) is 3. The average molecular weight is 283 g/mol. The van der Waals surface area contributed by atoms with Crippen molar-refractivity contribution in [3.8, 4) is 5.75 Å². The second-order valence-electron chi connectivity index (χ2n) is 5.87. The summed E-state index contributed by atoms with van der Waals surface area (Å²) in [6.45, 7) is 6.73. The molecule has 3 N–H and O–H groups in total. The first kappa shape index (κ1) is 16.9. The maximum atomic E-state index is 10.3. The van der Waals surface area contributed by atoms with Crippen LogP contribution in [0.3, 0.4) is 0 Å². The van der Waals surface area contributed by atoms with Crippen molar-refractivity contribution < 1.29 is 20.1 Å². The lowest BCUT2D eigenvalue weighted by atomic mass is 10.0. The van der Waals surface area contributed by atoms with Crippen molar-refractivity contribution in [2.24, 2.45) is 0 Å². The van der Waals surface area contributed by atoms with Gasteiger partial charge in [0.25, 0.3) is 0 Å². The number of phenols is 1. The Hall–Kier alpha value is -1.14. The number of aliphatic hydroxyl groups is 2. The van der Waals surface area contributed by atoms with Crippen LogP contribution in [0.15, 0.2) is 18.2 Å². The summed E-state index contributed by atoms with van der Waals surface area (Å²) in [4.78, 5) is 2.02. The molecule has 1 aromatic rings. The lowest BCUT2D eigenvalue weighted by Crippen LogP contribution is -2.44. The number of aromatic hydroxyl groups is 1. The molecule has 0 spiro atoms. The number of nitrogens with zero attached hydrogens (tertiary/aromatic N) is 1. The smallest absolute Gasteiger partial charge is 0.121 e. The van der Waals surface area contributed by atoms with Crippen molar-refractivity contribution in [2.45, 2.75) is 39.0 Å². The van der Waals surface area contributed by atoms with E-state index in [1.54, 1.807) is 19.2 Å². The molecule has 114 valence electrons. The Morgan fingerprint density at radius 3 is 2.45 bits per heavy atom. The highest BCUT2D eigenvalue weighted by Gasteiger charge is 2.24. The number of hydrogen-bond acceptors (Lipinski definition) is 5. The number of aliphatic hydroxyl groups excluding tert-OH is 2. The number of benzene rings is 1. The van der Waals surface area contributed by atoms with E-state index in [0.29, 0.717) is 24.4 Å². The molecule has 0 bridgehead atoms. The Morgan fingerprint density at radius 2 is 1.95 bits per heavy atom. The summed E-state index contributed by atoms with van der Waals surface area (Å²) in [6, 6.07) is 4.77. The minimum absolute atomic E-state index is 0.0352. The van der Waals surface area contributed by atoms with Crippen LogP contribution in [-0.2, 0) is 11.3 Å². The van der Waals surface area contributed by atoms with E-state index in [2.05, 4.69) is 20.8 Å². The minimum Gasteiger partial charge on any atom is -0.508 e. The predicted octanol–water partition coefficient (Wildman–Crippen LogP) is 1.62. The zero-order valence-electron chi connectivity index (χ0n) is 12.6. The van der Waals surface area contributed by atoms with Crippen molar-refractivity contribution in [1.29, 1.82) is 0 Å². The molecular weight excluding hydrogens is 258 g/mol. The second kappa shape index (κ2) is 7.04. The van der Waals surface area contributed by atoms with Crippen LogP contribution < -0.4 is 0 Å². The predicted molar refractivity (Wildman–Crippen MR) is 77.3 cm³/mol. The molecule has 5 nitrogen and oxygen atoms in total. The lowest BCUT2D eigenvalue weighted by Gasteiger charge is -2.36. The summed E-state index contributed by atoms with van der Waals surface area (Å²) >= 11 is 0. The molecule has 0 aliphatic carbocycles. The summed E-state index contributed by atoms with van der Waals surface area (Å²) in [6.07, 6.45) is -0.713. The van der Waals surface area contributed by atoms with E-state index in [9.17, 15) is 10.2 Å². The maximum absolute atomic E-state index is 10.3. The molecule has 0 radical (unpaired) electrons. The van der Waals surface area contributed by atoms with Crippen LogP contribution in [0.1, 0.15) is 38.0 Å². The van der Waals surface area contributed by atoms with Gasteiger partial charge in [-0.1, -0.05) is 6.07 Å². The first-order valence-electron chi connectivity index (χ1n) is 6.64. The van der Waals surface area contributed by atoms with Crippen LogP contribution in [0.4, 0.5) is 0 Å². The quantitative estimate of drug-likeness (QED) is 0.692. The molecule has 0 amide bonds. The molecule has 1 rings (SSSR count). The van der Waals surface area contributed by atoms with Gasteiger partial charge in [-0.3, -0.25) is 4.90 Å². The fourth-order valence-electron chi connectivity index (χ4n) is 1.93. The summed E-state index contributed by atoms with van der Waals surface area (Å²) in [7, 11) is 1.62. The van der Waals surface area contributed by atoms with Gasteiger partial charge in [0.1, 0.15) is 5.75 Å². The average Bonchev–Trinajstić information content (AvgIpc) is 2.37. The monoisotopic (exact) mass is 283 g/mol. The summed E-state index contributed by atoms with van der Waals surface area (Å²) in [5.41, 5.74) is 0.945.